The Balaban J connectivity index is 1.34. The Morgan fingerprint density at radius 3 is 2.30 bits per heavy atom. The van der Waals surface area contributed by atoms with Crippen LogP contribution in [0, 0.1) is 17.5 Å². The molecule has 1 N–H and O–H groups in total. The van der Waals surface area contributed by atoms with Crippen molar-refractivity contribution in [1.82, 2.24) is 4.90 Å². The first-order valence-electron chi connectivity index (χ1n) is 11.0. The highest BCUT2D eigenvalue weighted by Crippen LogP contribution is 2.47. The average molecular weight is 451 g/mol. The van der Waals surface area contributed by atoms with Gasteiger partial charge in [-0.1, -0.05) is 18.2 Å². The van der Waals surface area contributed by atoms with Crippen molar-refractivity contribution in [1.29, 1.82) is 0 Å². The van der Waals surface area contributed by atoms with Gasteiger partial charge in [-0.05, 0) is 85.6 Å². The van der Waals surface area contributed by atoms with Gasteiger partial charge < -0.3 is 5.32 Å². The molecule has 2 aliphatic rings. The van der Waals surface area contributed by atoms with E-state index in [1.54, 1.807) is 35.2 Å². The molecule has 0 unspecified atom stereocenters. The fourth-order valence-corrected chi connectivity index (χ4v) is 4.99. The number of anilines is 2. The smallest absolute Gasteiger partial charge is 0.307 e. The predicted octanol–water partition coefficient (Wildman–Crippen LogP) is 5.69. The van der Waals surface area contributed by atoms with E-state index in [0.29, 0.717) is 17.9 Å². The number of piperidine rings is 1. The summed E-state index contributed by atoms with van der Waals surface area (Å²) in [5.41, 5.74) is 2.62. The summed E-state index contributed by atoms with van der Waals surface area (Å²) in [6.07, 6.45) is 1.54. The van der Waals surface area contributed by atoms with E-state index in [1.807, 2.05) is 0 Å². The molecule has 1 fully saturated rings. The number of rotatable bonds is 3. The second-order valence-electron chi connectivity index (χ2n) is 8.87. The third-order valence-corrected chi connectivity index (χ3v) is 6.74. The van der Waals surface area contributed by atoms with Crippen LogP contribution in [-0.2, 0) is 12.0 Å². The fraction of sp³-hybridized carbons (Fsp3) is 0.269. The van der Waals surface area contributed by atoms with Gasteiger partial charge in [0, 0.05) is 29.9 Å². The van der Waals surface area contributed by atoms with Gasteiger partial charge in [0.2, 0.25) is 0 Å². The van der Waals surface area contributed by atoms with Crippen molar-refractivity contribution in [3.8, 4) is 0 Å². The van der Waals surface area contributed by atoms with E-state index < -0.39 is 5.82 Å². The monoisotopic (exact) mass is 451 g/mol. The molecule has 1 saturated heterocycles. The third-order valence-electron chi connectivity index (χ3n) is 6.74. The number of fused-ring (bicyclic) bond motifs is 2. The van der Waals surface area contributed by atoms with E-state index >= 15 is 0 Å². The predicted molar refractivity (Wildman–Crippen MR) is 122 cm³/mol. The van der Waals surface area contributed by atoms with Gasteiger partial charge in [-0.2, -0.15) is 0 Å². The van der Waals surface area contributed by atoms with E-state index in [1.165, 1.54) is 36.4 Å². The topological polar surface area (TPSA) is 35.6 Å². The number of carbonyl (C=O) groups is 1. The highest BCUT2D eigenvalue weighted by molar-refractivity contribution is 6.03. The molecule has 3 aromatic rings. The standard InChI is InChI=1S/C26H24F3N3O/c27-19-6-4-18(5-7-19)16-31-12-10-26(11-13-31)17-32(24-9-8-21(29)15-23(24)26)25(33)30-22-3-1-2-20(28)14-22/h1-9,14-15H,10-13,16-17H2,(H,30,33). The molecule has 2 aliphatic heterocycles. The van der Waals surface area contributed by atoms with E-state index in [2.05, 4.69) is 10.2 Å². The third kappa shape index (κ3) is 4.33. The van der Waals surface area contributed by atoms with Gasteiger partial charge in [-0.25, -0.2) is 18.0 Å². The molecule has 0 aromatic heterocycles. The van der Waals surface area contributed by atoms with Crippen molar-refractivity contribution >= 4 is 17.4 Å². The minimum Gasteiger partial charge on any atom is -0.307 e. The van der Waals surface area contributed by atoms with Crippen LogP contribution in [0.25, 0.3) is 0 Å². The summed E-state index contributed by atoms with van der Waals surface area (Å²) in [5, 5.41) is 2.76. The van der Waals surface area contributed by atoms with Crippen LogP contribution < -0.4 is 10.2 Å². The highest BCUT2D eigenvalue weighted by Gasteiger charge is 2.46. The molecular formula is C26H24F3N3O. The molecule has 2 amide bonds. The maximum absolute atomic E-state index is 14.2. The molecule has 0 bridgehead atoms. The minimum absolute atomic E-state index is 0.252. The van der Waals surface area contributed by atoms with Crippen LogP contribution in [-0.4, -0.2) is 30.6 Å². The van der Waals surface area contributed by atoms with Crippen LogP contribution in [0.4, 0.5) is 29.3 Å². The van der Waals surface area contributed by atoms with Crippen molar-refractivity contribution < 1.29 is 18.0 Å². The number of likely N-dealkylation sites (tertiary alicyclic amines) is 1. The van der Waals surface area contributed by atoms with Crippen molar-refractivity contribution in [3.05, 3.63) is 95.3 Å². The van der Waals surface area contributed by atoms with Crippen LogP contribution in [0.5, 0.6) is 0 Å². The molecule has 0 saturated carbocycles. The van der Waals surface area contributed by atoms with Gasteiger partial charge in [-0.3, -0.25) is 9.80 Å². The number of nitrogens with one attached hydrogen (secondary N) is 1. The molecule has 0 aliphatic carbocycles. The largest absolute Gasteiger partial charge is 0.326 e. The Hall–Kier alpha value is -3.32. The first-order chi connectivity index (χ1) is 15.9. The van der Waals surface area contributed by atoms with Gasteiger partial charge in [0.1, 0.15) is 17.5 Å². The van der Waals surface area contributed by atoms with E-state index in [4.69, 9.17) is 0 Å². The molecule has 5 rings (SSSR count). The number of halogens is 3. The van der Waals surface area contributed by atoms with Gasteiger partial charge >= 0.3 is 6.03 Å². The lowest BCUT2D eigenvalue weighted by atomic mass is 9.74. The second kappa shape index (κ2) is 8.56. The molecule has 170 valence electrons. The molecule has 1 spiro atoms. The van der Waals surface area contributed by atoms with Crippen LogP contribution in [0.1, 0.15) is 24.0 Å². The van der Waals surface area contributed by atoms with Gasteiger partial charge in [0.25, 0.3) is 0 Å². The zero-order valence-corrected chi connectivity index (χ0v) is 18.0. The fourth-order valence-electron chi connectivity index (χ4n) is 4.99. The molecular weight excluding hydrogens is 427 g/mol. The summed E-state index contributed by atoms with van der Waals surface area (Å²) in [6, 6.07) is 16.5. The maximum Gasteiger partial charge on any atom is 0.326 e. The summed E-state index contributed by atoms with van der Waals surface area (Å²) >= 11 is 0. The average Bonchev–Trinajstić information content (AvgIpc) is 3.10. The van der Waals surface area contributed by atoms with Crippen LogP contribution in [0.15, 0.2) is 66.7 Å². The first kappa shape index (κ1) is 21.5. The molecule has 7 heteroatoms. The zero-order chi connectivity index (χ0) is 23.0. The molecule has 33 heavy (non-hydrogen) atoms. The maximum atomic E-state index is 14.2. The number of nitrogens with zero attached hydrogens (tertiary/aromatic N) is 2. The van der Waals surface area contributed by atoms with Crippen molar-refractivity contribution in [2.75, 3.05) is 29.9 Å². The summed E-state index contributed by atoms with van der Waals surface area (Å²) in [5.74, 6) is -1.01. The lowest BCUT2D eigenvalue weighted by Gasteiger charge is -2.40. The quantitative estimate of drug-likeness (QED) is 0.555. The Bertz CT molecular complexity index is 1170. The lowest BCUT2D eigenvalue weighted by Crippen LogP contribution is -2.46. The van der Waals surface area contributed by atoms with Crippen molar-refractivity contribution in [3.63, 3.8) is 0 Å². The Morgan fingerprint density at radius 2 is 1.58 bits per heavy atom. The van der Waals surface area contributed by atoms with Crippen LogP contribution in [0.3, 0.4) is 0 Å². The Kier molecular flexibility index (Phi) is 5.58. The summed E-state index contributed by atoms with van der Waals surface area (Å²) in [6.45, 7) is 2.73. The highest BCUT2D eigenvalue weighted by atomic mass is 19.1. The summed E-state index contributed by atoms with van der Waals surface area (Å²) in [7, 11) is 0. The van der Waals surface area contributed by atoms with Crippen molar-refractivity contribution in [2.45, 2.75) is 24.8 Å². The number of carbonyl (C=O) groups excluding carboxylic acids is 1. The number of hydrogen-bond donors (Lipinski definition) is 1. The van der Waals surface area contributed by atoms with Crippen LogP contribution >= 0.6 is 0 Å². The Labute approximate surface area is 190 Å². The van der Waals surface area contributed by atoms with Crippen molar-refractivity contribution in [2.24, 2.45) is 0 Å². The first-order valence-corrected chi connectivity index (χ1v) is 11.0. The van der Waals surface area contributed by atoms with Gasteiger partial charge in [0.15, 0.2) is 0 Å². The lowest BCUT2D eigenvalue weighted by molar-refractivity contribution is 0.160. The number of benzene rings is 3. The van der Waals surface area contributed by atoms with E-state index in [0.717, 1.165) is 43.6 Å². The van der Waals surface area contributed by atoms with Gasteiger partial charge in [0.05, 0.1) is 0 Å². The van der Waals surface area contributed by atoms with E-state index in [9.17, 15) is 18.0 Å². The SMILES string of the molecule is O=C(Nc1cccc(F)c1)N1CC2(CCN(Cc3ccc(F)cc3)CC2)c2cc(F)ccc21. The second-order valence-corrected chi connectivity index (χ2v) is 8.87. The summed E-state index contributed by atoms with van der Waals surface area (Å²) < 4.78 is 41.0. The van der Waals surface area contributed by atoms with Crippen LogP contribution in [0.2, 0.25) is 0 Å². The molecule has 0 atom stereocenters. The summed E-state index contributed by atoms with van der Waals surface area (Å²) in [4.78, 5) is 17.0. The normalized spacial score (nSPS) is 17.2. The number of hydrogen-bond acceptors (Lipinski definition) is 2. The molecule has 3 aromatic carbocycles. The minimum atomic E-state index is -0.429. The Morgan fingerprint density at radius 1 is 0.879 bits per heavy atom. The van der Waals surface area contributed by atoms with Gasteiger partial charge in [-0.15, -0.1) is 0 Å². The molecule has 4 nitrogen and oxygen atoms in total. The molecule has 0 radical (unpaired) electrons. The number of urea groups is 1. The number of amides is 2. The zero-order valence-electron chi connectivity index (χ0n) is 18.0. The molecule has 2 heterocycles. The van der Waals surface area contributed by atoms with E-state index in [-0.39, 0.29) is 23.1 Å².